The van der Waals surface area contributed by atoms with Gasteiger partial charge in [0.1, 0.15) is 5.88 Å². The van der Waals surface area contributed by atoms with Crippen molar-refractivity contribution in [3.63, 3.8) is 0 Å². The van der Waals surface area contributed by atoms with Crippen LogP contribution in [0.1, 0.15) is 16.5 Å². The highest BCUT2D eigenvalue weighted by Gasteiger charge is 2.29. The highest BCUT2D eigenvalue weighted by atomic mass is 35.5. The maximum atomic E-state index is 11.6. The zero-order valence-electron chi connectivity index (χ0n) is 8.28. The van der Waals surface area contributed by atoms with Crippen LogP contribution in [-0.2, 0) is 11.2 Å². The molecule has 0 saturated carbocycles. The van der Waals surface area contributed by atoms with Gasteiger partial charge in [-0.1, -0.05) is 0 Å². The number of amides is 1. The predicted molar refractivity (Wildman–Crippen MR) is 62.3 cm³/mol. The van der Waals surface area contributed by atoms with Gasteiger partial charge in [-0.05, 0) is 23.4 Å². The lowest BCUT2D eigenvalue weighted by Crippen LogP contribution is -2.43. The molecule has 1 amide bonds. The summed E-state index contributed by atoms with van der Waals surface area (Å²) in [6.45, 7) is 1.20. The molecule has 3 nitrogen and oxygen atoms in total. The Labute approximate surface area is 97.8 Å². The molecule has 1 atom stereocenters. The minimum Gasteiger partial charge on any atom is -0.332 e. The summed E-state index contributed by atoms with van der Waals surface area (Å²) in [6.07, 6.45) is 0.915. The van der Waals surface area contributed by atoms with Crippen molar-refractivity contribution in [3.05, 3.63) is 21.9 Å². The van der Waals surface area contributed by atoms with Crippen molar-refractivity contribution in [1.82, 2.24) is 4.90 Å². The van der Waals surface area contributed by atoms with Crippen LogP contribution in [0.4, 0.5) is 0 Å². The molecule has 0 radical (unpaired) electrons. The third-order valence-electron chi connectivity index (χ3n) is 2.74. The average molecular weight is 245 g/mol. The summed E-state index contributed by atoms with van der Waals surface area (Å²) in [5, 5.41) is 2.06. The quantitative estimate of drug-likeness (QED) is 0.799. The molecule has 1 aromatic rings. The number of nitrogens with two attached hydrogens (primary N) is 1. The number of alkyl halides is 1. The number of hydrogen-bond donors (Lipinski definition) is 1. The Kier molecular flexibility index (Phi) is 3.29. The average Bonchev–Trinajstić information content (AvgIpc) is 2.74. The minimum atomic E-state index is -0.0221. The fourth-order valence-corrected chi connectivity index (χ4v) is 3.23. The number of fused-ring (bicyclic) bond motifs is 1. The Morgan fingerprint density at radius 3 is 3.20 bits per heavy atom. The van der Waals surface area contributed by atoms with Crippen LogP contribution in [0.15, 0.2) is 11.4 Å². The Balaban J connectivity index is 2.28. The second-order valence-corrected chi connectivity index (χ2v) is 4.75. The first kappa shape index (κ1) is 10.9. The molecule has 0 bridgehead atoms. The first-order valence-electron chi connectivity index (χ1n) is 4.89. The number of carbonyl (C=O) groups is 1. The Morgan fingerprint density at radius 2 is 2.53 bits per heavy atom. The SMILES string of the molecule is NCC1c2sccc2CCN1C(=O)CCl. The third kappa shape index (κ3) is 1.89. The van der Waals surface area contributed by atoms with Crippen LogP contribution in [-0.4, -0.2) is 29.8 Å². The van der Waals surface area contributed by atoms with Crippen molar-refractivity contribution in [1.29, 1.82) is 0 Å². The van der Waals surface area contributed by atoms with Crippen LogP contribution < -0.4 is 5.73 Å². The molecular weight excluding hydrogens is 232 g/mol. The molecule has 0 aliphatic carbocycles. The van der Waals surface area contributed by atoms with E-state index in [0.717, 1.165) is 13.0 Å². The lowest BCUT2D eigenvalue weighted by molar-refractivity contribution is -0.131. The topological polar surface area (TPSA) is 46.3 Å². The van der Waals surface area contributed by atoms with E-state index in [1.807, 2.05) is 0 Å². The van der Waals surface area contributed by atoms with Crippen LogP contribution >= 0.6 is 22.9 Å². The van der Waals surface area contributed by atoms with Gasteiger partial charge in [-0.25, -0.2) is 0 Å². The van der Waals surface area contributed by atoms with E-state index in [0.29, 0.717) is 6.54 Å². The Morgan fingerprint density at radius 1 is 1.73 bits per heavy atom. The van der Waals surface area contributed by atoms with Gasteiger partial charge in [0, 0.05) is 18.0 Å². The summed E-state index contributed by atoms with van der Waals surface area (Å²) in [7, 11) is 0. The predicted octanol–water partition coefficient (Wildman–Crippen LogP) is 1.37. The summed E-state index contributed by atoms with van der Waals surface area (Å²) < 4.78 is 0. The summed E-state index contributed by atoms with van der Waals surface area (Å²) in [5.41, 5.74) is 7.06. The highest BCUT2D eigenvalue weighted by Crippen LogP contribution is 2.33. The Bertz CT molecular complexity index is 366. The van der Waals surface area contributed by atoms with E-state index in [-0.39, 0.29) is 17.8 Å². The molecule has 2 N–H and O–H groups in total. The molecule has 5 heteroatoms. The van der Waals surface area contributed by atoms with Crippen molar-refractivity contribution in [3.8, 4) is 0 Å². The van der Waals surface area contributed by atoms with Gasteiger partial charge >= 0.3 is 0 Å². The van der Waals surface area contributed by atoms with E-state index >= 15 is 0 Å². The molecule has 2 heterocycles. The number of nitrogens with zero attached hydrogens (tertiary/aromatic N) is 1. The first-order chi connectivity index (χ1) is 7.27. The molecule has 82 valence electrons. The molecule has 2 rings (SSSR count). The standard InChI is InChI=1S/C10H13ClN2OS/c11-5-9(14)13-3-1-7-2-4-15-10(7)8(13)6-12/h2,4,8H,1,3,5-6,12H2. The highest BCUT2D eigenvalue weighted by molar-refractivity contribution is 7.10. The van der Waals surface area contributed by atoms with Crippen molar-refractivity contribution in [2.24, 2.45) is 5.73 Å². The number of carbonyl (C=O) groups excluding carboxylic acids is 1. The van der Waals surface area contributed by atoms with Gasteiger partial charge in [-0.2, -0.15) is 0 Å². The summed E-state index contributed by atoms with van der Waals surface area (Å²) in [6, 6.07) is 2.14. The molecule has 0 spiro atoms. The number of thiophene rings is 1. The molecule has 1 aromatic heterocycles. The van der Waals surface area contributed by atoms with Crippen LogP contribution in [0, 0.1) is 0 Å². The van der Waals surface area contributed by atoms with Gasteiger partial charge in [0.05, 0.1) is 6.04 Å². The summed E-state index contributed by atoms with van der Waals surface area (Å²) in [5.74, 6) is 0.0168. The Hall–Kier alpha value is -0.580. The van der Waals surface area contributed by atoms with E-state index in [9.17, 15) is 4.79 Å². The second kappa shape index (κ2) is 4.51. The normalized spacial score (nSPS) is 20.1. The molecule has 1 unspecified atom stereocenters. The maximum Gasteiger partial charge on any atom is 0.238 e. The van der Waals surface area contributed by atoms with Gasteiger partial charge in [0.25, 0.3) is 0 Å². The van der Waals surface area contributed by atoms with Crippen LogP contribution in [0.5, 0.6) is 0 Å². The number of halogens is 1. The van der Waals surface area contributed by atoms with E-state index in [4.69, 9.17) is 17.3 Å². The van der Waals surface area contributed by atoms with Gasteiger partial charge in [0.2, 0.25) is 5.91 Å². The van der Waals surface area contributed by atoms with Crippen molar-refractivity contribution in [2.75, 3.05) is 19.0 Å². The van der Waals surface area contributed by atoms with E-state index in [2.05, 4.69) is 11.4 Å². The summed E-state index contributed by atoms with van der Waals surface area (Å²) in [4.78, 5) is 14.6. The first-order valence-corrected chi connectivity index (χ1v) is 6.31. The molecule has 0 fully saturated rings. The van der Waals surface area contributed by atoms with E-state index < -0.39 is 0 Å². The van der Waals surface area contributed by atoms with Crippen molar-refractivity contribution < 1.29 is 4.79 Å². The van der Waals surface area contributed by atoms with E-state index in [1.54, 1.807) is 16.2 Å². The van der Waals surface area contributed by atoms with Gasteiger partial charge in [-0.15, -0.1) is 22.9 Å². The maximum absolute atomic E-state index is 11.6. The van der Waals surface area contributed by atoms with Gasteiger partial charge in [-0.3, -0.25) is 4.79 Å². The van der Waals surface area contributed by atoms with Crippen LogP contribution in [0.25, 0.3) is 0 Å². The lowest BCUT2D eigenvalue weighted by atomic mass is 10.0. The van der Waals surface area contributed by atoms with Crippen LogP contribution in [0.3, 0.4) is 0 Å². The van der Waals surface area contributed by atoms with Gasteiger partial charge < -0.3 is 10.6 Å². The minimum absolute atomic E-state index is 0.0221. The van der Waals surface area contributed by atoms with Crippen LogP contribution in [0.2, 0.25) is 0 Å². The number of rotatable bonds is 2. The fourth-order valence-electron chi connectivity index (χ4n) is 1.99. The zero-order chi connectivity index (χ0) is 10.8. The fraction of sp³-hybridized carbons (Fsp3) is 0.500. The van der Waals surface area contributed by atoms with Gasteiger partial charge in [0.15, 0.2) is 0 Å². The van der Waals surface area contributed by atoms with Crippen molar-refractivity contribution >= 4 is 28.8 Å². The largest absolute Gasteiger partial charge is 0.332 e. The molecular formula is C10H13ClN2OS. The molecule has 0 saturated heterocycles. The molecule has 1 aliphatic rings. The monoisotopic (exact) mass is 244 g/mol. The lowest BCUT2D eigenvalue weighted by Gasteiger charge is -2.34. The molecule has 15 heavy (non-hydrogen) atoms. The zero-order valence-corrected chi connectivity index (χ0v) is 9.85. The summed E-state index contributed by atoms with van der Waals surface area (Å²) >= 11 is 7.25. The molecule has 1 aliphatic heterocycles. The third-order valence-corrected chi connectivity index (χ3v) is 4.03. The van der Waals surface area contributed by atoms with Crippen molar-refractivity contribution in [2.45, 2.75) is 12.5 Å². The number of hydrogen-bond acceptors (Lipinski definition) is 3. The van der Waals surface area contributed by atoms with E-state index in [1.165, 1.54) is 10.4 Å². The molecule has 0 aromatic carbocycles. The second-order valence-electron chi connectivity index (χ2n) is 3.53. The smallest absolute Gasteiger partial charge is 0.238 e.